The SMILES string of the molecule is CCC(N)=NC1CCCCCC1. The number of rotatable bonds is 2. The van der Waals surface area contributed by atoms with Crippen molar-refractivity contribution in [3.8, 4) is 0 Å². The monoisotopic (exact) mass is 168 g/mol. The fourth-order valence-corrected chi connectivity index (χ4v) is 1.71. The Hall–Kier alpha value is -0.530. The van der Waals surface area contributed by atoms with Crippen LogP contribution in [0.15, 0.2) is 4.99 Å². The summed E-state index contributed by atoms with van der Waals surface area (Å²) in [6, 6.07) is 0.535. The van der Waals surface area contributed by atoms with E-state index in [0.717, 1.165) is 12.3 Å². The molecule has 0 aliphatic heterocycles. The molecule has 0 aromatic rings. The fourth-order valence-electron chi connectivity index (χ4n) is 1.71. The lowest BCUT2D eigenvalue weighted by Crippen LogP contribution is -2.15. The molecule has 2 nitrogen and oxygen atoms in total. The molecule has 1 rings (SSSR count). The van der Waals surface area contributed by atoms with Crippen molar-refractivity contribution in [3.63, 3.8) is 0 Å². The molecule has 0 heterocycles. The number of aliphatic imine (C=N–C) groups is 1. The summed E-state index contributed by atoms with van der Waals surface area (Å²) in [4.78, 5) is 4.51. The van der Waals surface area contributed by atoms with E-state index >= 15 is 0 Å². The van der Waals surface area contributed by atoms with E-state index in [1.165, 1.54) is 38.5 Å². The van der Waals surface area contributed by atoms with Gasteiger partial charge in [-0.15, -0.1) is 0 Å². The van der Waals surface area contributed by atoms with Crippen molar-refractivity contribution >= 4 is 5.84 Å². The Labute approximate surface area is 75.3 Å². The van der Waals surface area contributed by atoms with Crippen LogP contribution in [0, 0.1) is 0 Å². The van der Waals surface area contributed by atoms with Crippen LogP contribution in [0.4, 0.5) is 0 Å². The van der Waals surface area contributed by atoms with Gasteiger partial charge in [0, 0.05) is 6.42 Å². The van der Waals surface area contributed by atoms with Crippen molar-refractivity contribution in [1.29, 1.82) is 0 Å². The third kappa shape index (κ3) is 3.24. The molecule has 0 aromatic heterocycles. The zero-order valence-electron chi connectivity index (χ0n) is 8.05. The molecule has 1 saturated carbocycles. The second-order valence-electron chi connectivity index (χ2n) is 3.62. The van der Waals surface area contributed by atoms with Gasteiger partial charge in [-0.3, -0.25) is 4.99 Å². The third-order valence-corrected chi connectivity index (χ3v) is 2.54. The highest BCUT2D eigenvalue weighted by molar-refractivity contribution is 5.80. The van der Waals surface area contributed by atoms with E-state index in [1.54, 1.807) is 0 Å². The minimum absolute atomic E-state index is 0.535. The lowest BCUT2D eigenvalue weighted by molar-refractivity contribution is 0.584. The highest BCUT2D eigenvalue weighted by Gasteiger charge is 2.10. The van der Waals surface area contributed by atoms with Gasteiger partial charge in [0.2, 0.25) is 0 Å². The number of amidine groups is 1. The molecule has 0 spiro atoms. The summed E-state index contributed by atoms with van der Waals surface area (Å²) in [5, 5.41) is 0. The molecule has 2 heteroatoms. The molecule has 70 valence electrons. The zero-order valence-corrected chi connectivity index (χ0v) is 8.05. The average Bonchev–Trinajstić information content (AvgIpc) is 2.33. The first-order valence-electron chi connectivity index (χ1n) is 5.15. The molecule has 0 atom stereocenters. The smallest absolute Gasteiger partial charge is 0.0937 e. The lowest BCUT2D eigenvalue weighted by atomic mass is 10.1. The minimum atomic E-state index is 0.535. The van der Waals surface area contributed by atoms with E-state index in [1.807, 2.05) is 0 Å². The van der Waals surface area contributed by atoms with Gasteiger partial charge in [0.05, 0.1) is 11.9 Å². The van der Waals surface area contributed by atoms with Crippen molar-refractivity contribution in [2.24, 2.45) is 10.7 Å². The van der Waals surface area contributed by atoms with Gasteiger partial charge in [-0.25, -0.2) is 0 Å². The van der Waals surface area contributed by atoms with Crippen LogP contribution in [-0.2, 0) is 0 Å². The normalized spacial score (nSPS) is 22.2. The molecule has 1 fully saturated rings. The van der Waals surface area contributed by atoms with Crippen molar-refractivity contribution in [1.82, 2.24) is 0 Å². The highest BCUT2D eigenvalue weighted by Crippen LogP contribution is 2.19. The second-order valence-corrected chi connectivity index (χ2v) is 3.62. The summed E-state index contributed by atoms with van der Waals surface area (Å²) >= 11 is 0. The Morgan fingerprint density at radius 2 is 1.83 bits per heavy atom. The van der Waals surface area contributed by atoms with E-state index in [4.69, 9.17) is 5.73 Å². The summed E-state index contributed by atoms with van der Waals surface area (Å²) in [5.74, 6) is 0.835. The highest BCUT2D eigenvalue weighted by atomic mass is 14.9. The summed E-state index contributed by atoms with van der Waals surface area (Å²) < 4.78 is 0. The van der Waals surface area contributed by atoms with Crippen LogP contribution in [0.1, 0.15) is 51.9 Å². The van der Waals surface area contributed by atoms with E-state index in [9.17, 15) is 0 Å². The third-order valence-electron chi connectivity index (χ3n) is 2.54. The van der Waals surface area contributed by atoms with Gasteiger partial charge in [0.15, 0.2) is 0 Å². The summed E-state index contributed by atoms with van der Waals surface area (Å²) in [5.41, 5.74) is 5.70. The molecule has 0 saturated heterocycles. The van der Waals surface area contributed by atoms with Gasteiger partial charge in [0.25, 0.3) is 0 Å². The molecule has 0 aromatic carbocycles. The molecule has 0 unspecified atom stereocenters. The Morgan fingerprint density at radius 3 is 2.33 bits per heavy atom. The number of nitrogens with two attached hydrogens (primary N) is 1. The largest absolute Gasteiger partial charge is 0.387 e. The first kappa shape index (κ1) is 9.56. The van der Waals surface area contributed by atoms with Gasteiger partial charge in [-0.1, -0.05) is 32.6 Å². The summed E-state index contributed by atoms with van der Waals surface area (Å²) in [7, 11) is 0. The first-order valence-corrected chi connectivity index (χ1v) is 5.15. The Morgan fingerprint density at radius 1 is 1.25 bits per heavy atom. The van der Waals surface area contributed by atoms with Gasteiger partial charge < -0.3 is 5.73 Å². The van der Waals surface area contributed by atoms with Crippen LogP contribution in [0.25, 0.3) is 0 Å². The molecular weight excluding hydrogens is 148 g/mol. The van der Waals surface area contributed by atoms with Crippen molar-refractivity contribution in [2.75, 3.05) is 0 Å². The molecule has 1 aliphatic carbocycles. The summed E-state index contributed by atoms with van der Waals surface area (Å²) in [6.07, 6.45) is 8.85. The molecule has 1 aliphatic rings. The lowest BCUT2D eigenvalue weighted by Gasteiger charge is -2.08. The maximum atomic E-state index is 5.70. The van der Waals surface area contributed by atoms with Gasteiger partial charge in [-0.2, -0.15) is 0 Å². The number of hydrogen-bond donors (Lipinski definition) is 1. The van der Waals surface area contributed by atoms with Crippen LogP contribution in [-0.4, -0.2) is 11.9 Å². The average molecular weight is 168 g/mol. The van der Waals surface area contributed by atoms with Crippen molar-refractivity contribution in [2.45, 2.75) is 57.9 Å². The molecular formula is C10H20N2. The van der Waals surface area contributed by atoms with Gasteiger partial charge >= 0.3 is 0 Å². The standard InChI is InChI=1S/C10H20N2/c1-2-10(11)12-9-7-5-3-4-6-8-9/h9H,2-8H2,1H3,(H2,11,12). The first-order chi connectivity index (χ1) is 5.83. The van der Waals surface area contributed by atoms with E-state index < -0.39 is 0 Å². The van der Waals surface area contributed by atoms with Crippen LogP contribution in [0.3, 0.4) is 0 Å². The summed E-state index contributed by atoms with van der Waals surface area (Å²) in [6.45, 7) is 2.07. The van der Waals surface area contributed by atoms with Crippen molar-refractivity contribution < 1.29 is 0 Å². The van der Waals surface area contributed by atoms with Crippen LogP contribution < -0.4 is 5.73 Å². The topological polar surface area (TPSA) is 38.4 Å². The van der Waals surface area contributed by atoms with E-state index in [-0.39, 0.29) is 0 Å². The van der Waals surface area contributed by atoms with Gasteiger partial charge in [-0.05, 0) is 12.8 Å². The van der Waals surface area contributed by atoms with Gasteiger partial charge in [0.1, 0.15) is 0 Å². The fraction of sp³-hybridized carbons (Fsp3) is 0.900. The maximum absolute atomic E-state index is 5.70. The second kappa shape index (κ2) is 5.18. The zero-order chi connectivity index (χ0) is 8.81. The number of nitrogens with zero attached hydrogens (tertiary/aromatic N) is 1. The van der Waals surface area contributed by atoms with Crippen LogP contribution >= 0.6 is 0 Å². The quantitative estimate of drug-likeness (QED) is 0.384. The molecule has 0 bridgehead atoms. The predicted octanol–water partition coefficient (Wildman–Crippen LogP) is 2.48. The Kier molecular flexibility index (Phi) is 4.12. The molecule has 2 N–H and O–H groups in total. The molecule has 0 amide bonds. The minimum Gasteiger partial charge on any atom is -0.387 e. The van der Waals surface area contributed by atoms with Crippen molar-refractivity contribution in [3.05, 3.63) is 0 Å². The Balaban J connectivity index is 2.38. The van der Waals surface area contributed by atoms with Crippen LogP contribution in [0.2, 0.25) is 0 Å². The van der Waals surface area contributed by atoms with Crippen LogP contribution in [0.5, 0.6) is 0 Å². The maximum Gasteiger partial charge on any atom is 0.0937 e. The van der Waals surface area contributed by atoms with E-state index in [0.29, 0.717) is 6.04 Å². The van der Waals surface area contributed by atoms with E-state index in [2.05, 4.69) is 11.9 Å². The molecule has 0 radical (unpaired) electrons. The Bertz CT molecular complexity index is 144. The predicted molar refractivity (Wildman–Crippen MR) is 53.4 cm³/mol. The number of hydrogen-bond acceptors (Lipinski definition) is 1. The molecule has 12 heavy (non-hydrogen) atoms.